The van der Waals surface area contributed by atoms with E-state index in [0.717, 1.165) is 36.9 Å². The molecule has 1 aliphatic heterocycles. The minimum atomic E-state index is -3.66. The molecule has 2 amide bonds. The van der Waals surface area contributed by atoms with Gasteiger partial charge in [-0.1, -0.05) is 0 Å². The highest BCUT2D eigenvalue weighted by Crippen LogP contribution is 2.59. The minimum Gasteiger partial charge on any atom is -0.449 e. The molecule has 0 radical (unpaired) electrons. The second kappa shape index (κ2) is 8.41. The van der Waals surface area contributed by atoms with Gasteiger partial charge in [0.2, 0.25) is 0 Å². The van der Waals surface area contributed by atoms with Crippen LogP contribution in [0, 0.1) is 11.3 Å². The smallest absolute Gasteiger partial charge is 0.317 e. The number of piperidine rings is 1. The van der Waals surface area contributed by atoms with Crippen molar-refractivity contribution in [3.8, 4) is 0 Å². The maximum absolute atomic E-state index is 13.4. The van der Waals surface area contributed by atoms with E-state index in [1.54, 1.807) is 29.4 Å². The molecule has 1 atom stereocenters. The van der Waals surface area contributed by atoms with Gasteiger partial charge in [0, 0.05) is 37.4 Å². The molecule has 5 rings (SSSR count). The van der Waals surface area contributed by atoms with E-state index in [4.69, 9.17) is 4.42 Å². The summed E-state index contributed by atoms with van der Waals surface area (Å²) in [6, 6.07) is 5.74. The van der Waals surface area contributed by atoms with Crippen LogP contribution in [0.5, 0.6) is 0 Å². The quantitative estimate of drug-likeness (QED) is 0.587. The molecule has 178 valence electrons. The molecule has 3 aromatic heterocycles. The van der Waals surface area contributed by atoms with Gasteiger partial charge in [-0.05, 0) is 54.9 Å². The number of furan rings is 1. The predicted molar refractivity (Wildman–Crippen MR) is 116 cm³/mol. The van der Waals surface area contributed by atoms with Crippen molar-refractivity contribution in [2.24, 2.45) is 11.3 Å². The highest BCUT2D eigenvalue weighted by Gasteiger charge is 2.54. The summed E-state index contributed by atoms with van der Waals surface area (Å²) in [6.07, 6.45) is 6.88. The first kappa shape index (κ1) is 22.4. The number of fused-ring (bicyclic) bond motifs is 1. The van der Waals surface area contributed by atoms with Crippen molar-refractivity contribution in [1.82, 2.24) is 20.2 Å². The summed E-state index contributed by atoms with van der Waals surface area (Å²) in [5.41, 5.74) is 0.183. The summed E-state index contributed by atoms with van der Waals surface area (Å²) in [7, 11) is 0. The lowest BCUT2D eigenvalue weighted by atomic mass is 9.90. The molecular weight excluding hydrogens is 449 g/mol. The molecule has 0 bridgehead atoms. The third kappa shape index (κ3) is 4.12. The minimum absolute atomic E-state index is 0.104. The van der Waals surface area contributed by atoms with Crippen LogP contribution in [-0.2, 0) is 5.92 Å². The van der Waals surface area contributed by atoms with Crippen LogP contribution in [-0.4, -0.2) is 53.0 Å². The molecule has 2 fully saturated rings. The van der Waals surface area contributed by atoms with Gasteiger partial charge in [-0.3, -0.25) is 19.6 Å². The first-order valence-corrected chi connectivity index (χ1v) is 11.1. The maximum atomic E-state index is 13.4. The monoisotopic (exact) mass is 472 g/mol. The second-order valence-corrected chi connectivity index (χ2v) is 9.06. The van der Waals surface area contributed by atoms with Crippen molar-refractivity contribution in [3.63, 3.8) is 0 Å². The number of halogens is 3. The normalized spacial score (nSPS) is 19.4. The number of rotatable bonds is 6. The molecule has 0 aromatic carbocycles. The molecule has 2 aliphatic rings. The molecule has 1 saturated heterocycles. The van der Waals surface area contributed by atoms with Crippen molar-refractivity contribution in [1.29, 1.82) is 0 Å². The van der Waals surface area contributed by atoms with Crippen LogP contribution in [0.1, 0.15) is 45.9 Å². The third-order valence-corrected chi connectivity index (χ3v) is 7.01. The van der Waals surface area contributed by atoms with Gasteiger partial charge >= 0.3 is 5.92 Å². The summed E-state index contributed by atoms with van der Waals surface area (Å²) in [4.78, 5) is 34.5. The lowest BCUT2D eigenvalue weighted by molar-refractivity contribution is -0.0322. The number of likely N-dealkylation sites (tertiary alicyclic amines) is 1. The molecule has 1 N–H and O–H groups in total. The van der Waals surface area contributed by atoms with Crippen LogP contribution in [0.15, 0.2) is 47.3 Å². The van der Waals surface area contributed by atoms with Gasteiger partial charge in [-0.25, -0.2) is 4.39 Å². The second-order valence-electron chi connectivity index (χ2n) is 9.06. The number of aromatic nitrogens is 2. The van der Waals surface area contributed by atoms with Gasteiger partial charge in [-0.15, -0.1) is 0 Å². The molecule has 10 heteroatoms. The average Bonchev–Trinajstić information content (AvgIpc) is 3.33. The Labute approximate surface area is 193 Å². The van der Waals surface area contributed by atoms with E-state index in [-0.39, 0.29) is 28.6 Å². The fourth-order valence-electron chi connectivity index (χ4n) is 4.78. The summed E-state index contributed by atoms with van der Waals surface area (Å²) < 4.78 is 44.8. The number of hydrogen-bond donors (Lipinski definition) is 1. The molecular formula is C24H23F3N4O3. The first-order valence-electron chi connectivity index (χ1n) is 11.1. The fraction of sp³-hybridized carbons (Fsp3) is 0.417. The number of hydrogen-bond acceptors (Lipinski definition) is 5. The number of carbonyl (C=O) groups is 2. The molecule has 1 aliphatic carbocycles. The maximum Gasteiger partial charge on any atom is 0.317 e. The number of amides is 2. The molecule has 1 spiro atoms. The van der Waals surface area contributed by atoms with Crippen LogP contribution in [0.3, 0.4) is 0 Å². The molecule has 1 saturated carbocycles. The lowest BCUT2D eigenvalue weighted by Crippen LogP contribution is -2.40. The zero-order valence-electron chi connectivity index (χ0n) is 18.3. The molecule has 7 nitrogen and oxygen atoms in total. The molecule has 34 heavy (non-hydrogen) atoms. The Hall–Kier alpha value is -3.43. The molecule has 3 aromatic rings. The van der Waals surface area contributed by atoms with Gasteiger partial charge in [0.25, 0.3) is 11.8 Å². The zero-order chi connectivity index (χ0) is 23.9. The Kier molecular flexibility index (Phi) is 5.53. The van der Waals surface area contributed by atoms with Crippen LogP contribution in [0.25, 0.3) is 11.0 Å². The number of carbonyl (C=O) groups excluding carboxylic acids is 2. The van der Waals surface area contributed by atoms with E-state index >= 15 is 0 Å². The van der Waals surface area contributed by atoms with E-state index in [2.05, 4.69) is 15.3 Å². The van der Waals surface area contributed by atoms with Crippen molar-refractivity contribution in [3.05, 3.63) is 59.9 Å². The van der Waals surface area contributed by atoms with Gasteiger partial charge < -0.3 is 14.6 Å². The van der Waals surface area contributed by atoms with Gasteiger partial charge in [0.05, 0.1) is 11.8 Å². The Morgan fingerprint density at radius 2 is 2.00 bits per heavy atom. The van der Waals surface area contributed by atoms with Crippen LogP contribution >= 0.6 is 0 Å². The Morgan fingerprint density at radius 1 is 1.21 bits per heavy atom. The van der Waals surface area contributed by atoms with E-state index < -0.39 is 18.3 Å². The lowest BCUT2D eigenvalue weighted by Gasteiger charge is -2.33. The molecule has 4 heterocycles. The van der Waals surface area contributed by atoms with Crippen molar-refractivity contribution < 1.29 is 27.2 Å². The summed E-state index contributed by atoms with van der Waals surface area (Å²) in [5, 5.41) is 3.77. The van der Waals surface area contributed by atoms with E-state index in [9.17, 15) is 22.8 Å². The van der Waals surface area contributed by atoms with Crippen molar-refractivity contribution >= 4 is 22.8 Å². The van der Waals surface area contributed by atoms with Crippen LogP contribution in [0.2, 0.25) is 0 Å². The summed E-state index contributed by atoms with van der Waals surface area (Å²) in [5.74, 6) is -3.61. The van der Waals surface area contributed by atoms with Crippen molar-refractivity contribution in [2.45, 2.75) is 25.2 Å². The number of pyridine rings is 2. The van der Waals surface area contributed by atoms with Crippen molar-refractivity contribution in [2.75, 3.05) is 26.3 Å². The SMILES string of the molecule is O=C(NCC1CC12CCN(C(=O)c1ccc(C(F)(F)CF)nc1)CC2)c1cc2ccncc2o1. The van der Waals surface area contributed by atoms with E-state index in [1.165, 1.54) is 6.07 Å². The van der Waals surface area contributed by atoms with Crippen LogP contribution < -0.4 is 5.32 Å². The third-order valence-electron chi connectivity index (χ3n) is 7.01. The average molecular weight is 472 g/mol. The van der Waals surface area contributed by atoms with Gasteiger partial charge in [-0.2, -0.15) is 8.78 Å². The van der Waals surface area contributed by atoms with E-state index in [0.29, 0.717) is 31.1 Å². The first-order chi connectivity index (χ1) is 16.3. The Bertz CT molecular complexity index is 1190. The predicted octanol–water partition coefficient (Wildman–Crippen LogP) is 3.96. The number of nitrogens with zero attached hydrogens (tertiary/aromatic N) is 3. The number of alkyl halides is 3. The fourth-order valence-corrected chi connectivity index (χ4v) is 4.78. The largest absolute Gasteiger partial charge is 0.449 e. The Morgan fingerprint density at radius 3 is 2.68 bits per heavy atom. The highest BCUT2D eigenvalue weighted by atomic mass is 19.3. The Balaban J connectivity index is 1.12. The topological polar surface area (TPSA) is 88.3 Å². The summed E-state index contributed by atoms with van der Waals surface area (Å²) in [6.45, 7) is -0.209. The molecule has 1 unspecified atom stereocenters. The summed E-state index contributed by atoms with van der Waals surface area (Å²) >= 11 is 0. The standard InChI is InChI=1S/C24H23F3N4O3/c25-14-24(26,27)20-2-1-16(11-29-20)22(33)31-7-4-23(5-8-31)10-17(23)12-30-21(32)18-9-15-3-6-28-13-19(15)34-18/h1-3,6,9,11,13,17H,4-5,7-8,10,12,14H2,(H,30,32). The van der Waals surface area contributed by atoms with Crippen LogP contribution in [0.4, 0.5) is 13.2 Å². The number of nitrogens with one attached hydrogen (secondary N) is 1. The highest BCUT2D eigenvalue weighted by molar-refractivity contribution is 5.96. The van der Waals surface area contributed by atoms with Gasteiger partial charge in [0.15, 0.2) is 18.0 Å². The zero-order valence-corrected chi connectivity index (χ0v) is 18.3. The van der Waals surface area contributed by atoms with E-state index in [1.807, 2.05) is 0 Å². The van der Waals surface area contributed by atoms with Gasteiger partial charge in [0.1, 0.15) is 5.69 Å².